The van der Waals surface area contributed by atoms with E-state index >= 15 is 0 Å². The summed E-state index contributed by atoms with van der Waals surface area (Å²) >= 11 is 0. The van der Waals surface area contributed by atoms with Crippen LogP contribution in [-0.4, -0.2) is 65.8 Å². The number of hydrogen-bond donors (Lipinski definition) is 1. The fraction of sp³-hybridized carbons (Fsp3) is 0.323. The normalized spacial score (nSPS) is 19.1. The first-order valence-electron chi connectivity index (χ1n) is 13.5. The molecule has 3 heterocycles. The fourth-order valence-corrected chi connectivity index (χ4v) is 5.58. The molecule has 3 aromatic rings. The van der Waals surface area contributed by atoms with Gasteiger partial charge in [0, 0.05) is 43.6 Å². The van der Waals surface area contributed by atoms with Gasteiger partial charge >= 0.3 is 0 Å². The number of ether oxygens (including phenoxy) is 3. The summed E-state index contributed by atoms with van der Waals surface area (Å²) < 4.78 is 17.1. The number of piperidine rings is 1. The largest absolute Gasteiger partial charge is 0.454 e. The van der Waals surface area contributed by atoms with Crippen LogP contribution in [0.15, 0.2) is 72.8 Å². The van der Waals surface area contributed by atoms with Crippen LogP contribution in [0.25, 0.3) is 0 Å². The van der Waals surface area contributed by atoms with Crippen molar-refractivity contribution >= 4 is 17.7 Å². The molecule has 206 valence electrons. The van der Waals surface area contributed by atoms with E-state index in [9.17, 15) is 14.4 Å². The third-order valence-corrected chi connectivity index (χ3v) is 7.84. The second-order valence-corrected chi connectivity index (χ2v) is 10.4. The summed E-state index contributed by atoms with van der Waals surface area (Å²) in [6.45, 7) is 3.30. The number of hydrogen-bond acceptors (Lipinski definition) is 6. The highest BCUT2D eigenvalue weighted by Crippen LogP contribution is 2.39. The molecule has 0 saturated carbocycles. The molecular weight excluding hydrogens is 510 g/mol. The van der Waals surface area contributed by atoms with Crippen molar-refractivity contribution in [3.63, 3.8) is 0 Å². The number of fused-ring (bicyclic) bond motifs is 1. The van der Waals surface area contributed by atoms with E-state index in [4.69, 9.17) is 14.2 Å². The van der Waals surface area contributed by atoms with Crippen molar-refractivity contribution in [1.82, 2.24) is 15.1 Å². The van der Waals surface area contributed by atoms with E-state index in [2.05, 4.69) is 5.32 Å². The molecule has 3 aliphatic rings. The number of nitrogens with one attached hydrogen (secondary N) is 1. The smallest absolute Gasteiger partial charge is 0.256 e. The van der Waals surface area contributed by atoms with Gasteiger partial charge in [-0.05, 0) is 42.8 Å². The molecule has 1 N–H and O–H groups in total. The summed E-state index contributed by atoms with van der Waals surface area (Å²) in [5, 5.41) is 2.98. The lowest BCUT2D eigenvalue weighted by molar-refractivity contribution is -0.128. The molecule has 3 amide bonds. The van der Waals surface area contributed by atoms with Gasteiger partial charge in [-0.15, -0.1) is 0 Å². The van der Waals surface area contributed by atoms with Gasteiger partial charge in [-0.1, -0.05) is 48.0 Å². The Bertz CT molecular complexity index is 1420. The van der Waals surface area contributed by atoms with E-state index in [1.165, 1.54) is 0 Å². The van der Waals surface area contributed by atoms with Crippen LogP contribution in [0.4, 0.5) is 0 Å². The zero-order chi connectivity index (χ0) is 27.7. The predicted molar refractivity (Wildman–Crippen MR) is 146 cm³/mol. The molecule has 0 bridgehead atoms. The lowest BCUT2D eigenvalue weighted by Crippen LogP contribution is -2.59. The zero-order valence-electron chi connectivity index (χ0n) is 22.3. The van der Waals surface area contributed by atoms with Crippen molar-refractivity contribution in [2.45, 2.75) is 38.1 Å². The average Bonchev–Trinajstić information content (AvgIpc) is 3.61. The molecule has 0 aliphatic carbocycles. The Kier molecular flexibility index (Phi) is 6.89. The summed E-state index contributed by atoms with van der Waals surface area (Å²) in [6.07, 6.45) is 0.784. The van der Waals surface area contributed by atoms with Gasteiger partial charge in [0.15, 0.2) is 11.5 Å². The van der Waals surface area contributed by atoms with Gasteiger partial charge < -0.3 is 24.4 Å². The van der Waals surface area contributed by atoms with E-state index in [-0.39, 0.29) is 31.1 Å². The molecule has 6 rings (SSSR count). The standard InChI is InChI=1S/C31H31N3O6/c1-21-7-9-23(10-8-21)30(37)34-25(28(35)32-18-22-5-3-2-4-6-22)19-40-31(34)13-15-33(16-14-31)29(36)24-11-12-26-27(17-24)39-20-38-26/h2-12,17,25H,13-16,18-20H2,1H3,(H,32,35). The van der Waals surface area contributed by atoms with Gasteiger partial charge in [-0.25, -0.2) is 0 Å². The number of carbonyl (C=O) groups excluding carboxylic acids is 3. The van der Waals surface area contributed by atoms with Crippen LogP contribution >= 0.6 is 0 Å². The van der Waals surface area contributed by atoms with Gasteiger partial charge in [-0.2, -0.15) is 0 Å². The summed E-state index contributed by atoms with van der Waals surface area (Å²) in [6, 6.07) is 21.3. The van der Waals surface area contributed by atoms with Crippen LogP contribution in [0.2, 0.25) is 0 Å². The lowest BCUT2D eigenvalue weighted by atomic mass is 9.96. The summed E-state index contributed by atoms with van der Waals surface area (Å²) in [5.74, 6) is 0.528. The van der Waals surface area contributed by atoms with E-state index in [1.807, 2.05) is 49.4 Å². The molecule has 9 nitrogen and oxygen atoms in total. The minimum absolute atomic E-state index is 0.0916. The Hall–Kier alpha value is -4.37. The minimum atomic E-state index is -0.984. The number of aryl methyl sites for hydroxylation is 1. The van der Waals surface area contributed by atoms with E-state index < -0.39 is 11.8 Å². The lowest BCUT2D eigenvalue weighted by Gasteiger charge is -2.44. The number of benzene rings is 3. The van der Waals surface area contributed by atoms with Crippen LogP contribution < -0.4 is 14.8 Å². The SMILES string of the molecule is Cc1ccc(C(=O)N2C(C(=O)NCc3ccccc3)COC23CCN(C(=O)c2ccc4c(c2)OCO4)CC3)cc1. The van der Waals surface area contributed by atoms with Gasteiger partial charge in [-0.3, -0.25) is 19.3 Å². The Morgan fingerprint density at radius 3 is 2.33 bits per heavy atom. The number of nitrogens with zero attached hydrogens (tertiary/aromatic N) is 2. The summed E-state index contributed by atoms with van der Waals surface area (Å²) in [4.78, 5) is 44.0. The van der Waals surface area contributed by atoms with E-state index in [0.717, 1.165) is 11.1 Å². The molecule has 0 radical (unpaired) electrons. The fourth-order valence-electron chi connectivity index (χ4n) is 5.58. The van der Waals surface area contributed by atoms with E-state index in [0.29, 0.717) is 55.1 Å². The summed E-state index contributed by atoms with van der Waals surface area (Å²) in [7, 11) is 0. The second kappa shape index (κ2) is 10.7. The third kappa shape index (κ3) is 4.88. The molecule has 9 heteroatoms. The van der Waals surface area contributed by atoms with Gasteiger partial charge in [0.2, 0.25) is 12.7 Å². The van der Waals surface area contributed by atoms with E-state index in [1.54, 1.807) is 40.1 Å². The van der Waals surface area contributed by atoms with Crippen molar-refractivity contribution < 1.29 is 28.6 Å². The predicted octanol–water partition coefficient (Wildman–Crippen LogP) is 3.51. The summed E-state index contributed by atoms with van der Waals surface area (Å²) in [5.41, 5.74) is 2.03. The first-order valence-corrected chi connectivity index (χ1v) is 13.5. The molecule has 2 fully saturated rings. The van der Waals surface area contributed by atoms with Crippen LogP contribution in [-0.2, 0) is 16.1 Å². The molecule has 1 unspecified atom stereocenters. The molecular formula is C31H31N3O6. The Balaban J connectivity index is 1.21. The average molecular weight is 542 g/mol. The second-order valence-electron chi connectivity index (χ2n) is 10.4. The first kappa shape index (κ1) is 25.9. The quantitative estimate of drug-likeness (QED) is 0.531. The van der Waals surface area contributed by atoms with Crippen molar-refractivity contribution in [3.8, 4) is 11.5 Å². The number of rotatable bonds is 5. The zero-order valence-corrected chi connectivity index (χ0v) is 22.3. The molecule has 2 saturated heterocycles. The maximum atomic E-state index is 13.9. The van der Waals surface area contributed by atoms with Crippen LogP contribution in [0.1, 0.15) is 44.7 Å². The monoisotopic (exact) mass is 541 g/mol. The van der Waals surface area contributed by atoms with Crippen LogP contribution in [0.5, 0.6) is 11.5 Å². The van der Waals surface area contributed by atoms with Gasteiger partial charge in [0.05, 0.1) is 6.61 Å². The van der Waals surface area contributed by atoms with Gasteiger partial charge in [0.25, 0.3) is 11.8 Å². The number of amides is 3. The maximum absolute atomic E-state index is 13.9. The highest BCUT2D eigenvalue weighted by Gasteiger charge is 2.54. The van der Waals surface area contributed by atoms with Gasteiger partial charge in [0.1, 0.15) is 11.8 Å². The molecule has 40 heavy (non-hydrogen) atoms. The molecule has 3 aliphatic heterocycles. The van der Waals surface area contributed by atoms with Crippen LogP contribution in [0, 0.1) is 6.92 Å². The molecule has 1 spiro atoms. The molecule has 0 aromatic heterocycles. The van der Waals surface area contributed by atoms with Crippen molar-refractivity contribution in [3.05, 3.63) is 95.1 Å². The van der Waals surface area contributed by atoms with Crippen molar-refractivity contribution in [2.75, 3.05) is 26.5 Å². The van der Waals surface area contributed by atoms with Crippen molar-refractivity contribution in [1.29, 1.82) is 0 Å². The number of carbonyl (C=O) groups is 3. The highest BCUT2D eigenvalue weighted by atomic mass is 16.7. The topological polar surface area (TPSA) is 97.4 Å². The molecule has 1 atom stereocenters. The Labute approximate surface area is 232 Å². The highest BCUT2D eigenvalue weighted by molar-refractivity contribution is 5.99. The first-order chi connectivity index (χ1) is 19.4. The number of likely N-dealkylation sites (tertiary alicyclic amines) is 1. The Morgan fingerprint density at radius 2 is 1.57 bits per heavy atom. The Morgan fingerprint density at radius 1 is 0.875 bits per heavy atom. The van der Waals surface area contributed by atoms with Crippen LogP contribution in [0.3, 0.4) is 0 Å². The minimum Gasteiger partial charge on any atom is -0.454 e. The molecule has 3 aromatic carbocycles. The maximum Gasteiger partial charge on any atom is 0.256 e. The van der Waals surface area contributed by atoms with Crippen molar-refractivity contribution in [2.24, 2.45) is 0 Å². The third-order valence-electron chi connectivity index (χ3n) is 7.84.